The summed E-state index contributed by atoms with van der Waals surface area (Å²) in [6.07, 6.45) is 0. The van der Waals surface area contributed by atoms with Crippen LogP contribution in [-0.4, -0.2) is 59.4 Å². The van der Waals surface area contributed by atoms with Crippen LogP contribution in [0.25, 0.3) is 0 Å². The molecular weight excluding hydrogens is 354 g/mol. The zero-order valence-electron chi connectivity index (χ0n) is 15.3. The summed E-state index contributed by atoms with van der Waals surface area (Å²) in [5.74, 6) is 1.08. The molecule has 0 radical (unpaired) electrons. The summed E-state index contributed by atoms with van der Waals surface area (Å²) >= 11 is 1.31. The molecule has 7 nitrogen and oxygen atoms in total. The van der Waals surface area contributed by atoms with E-state index in [9.17, 15) is 9.59 Å². The molecule has 1 aliphatic heterocycles. The van der Waals surface area contributed by atoms with E-state index >= 15 is 0 Å². The SMILES string of the molecule is CCOC(=O)c1nc(CN2CCN(C(=O)c3cc(C)oc3C)CC2)cs1. The second-order valence-electron chi connectivity index (χ2n) is 6.26. The van der Waals surface area contributed by atoms with E-state index < -0.39 is 0 Å². The van der Waals surface area contributed by atoms with Crippen LogP contribution in [0.4, 0.5) is 0 Å². The number of amides is 1. The molecule has 0 unspecified atom stereocenters. The monoisotopic (exact) mass is 377 g/mol. The van der Waals surface area contributed by atoms with Gasteiger partial charge in [0.15, 0.2) is 0 Å². The number of rotatable bonds is 5. The van der Waals surface area contributed by atoms with E-state index in [1.54, 1.807) is 13.0 Å². The number of esters is 1. The largest absolute Gasteiger partial charge is 0.466 e. The lowest BCUT2D eigenvalue weighted by atomic mass is 10.2. The van der Waals surface area contributed by atoms with Crippen molar-refractivity contribution in [1.82, 2.24) is 14.8 Å². The van der Waals surface area contributed by atoms with Gasteiger partial charge in [0.25, 0.3) is 5.91 Å². The Morgan fingerprint density at radius 2 is 2.00 bits per heavy atom. The molecule has 8 heteroatoms. The number of piperazine rings is 1. The Morgan fingerprint density at radius 1 is 1.27 bits per heavy atom. The summed E-state index contributed by atoms with van der Waals surface area (Å²) in [6, 6.07) is 1.80. The lowest BCUT2D eigenvalue weighted by Crippen LogP contribution is -2.48. The zero-order valence-corrected chi connectivity index (χ0v) is 16.1. The van der Waals surface area contributed by atoms with E-state index in [2.05, 4.69) is 9.88 Å². The van der Waals surface area contributed by atoms with Gasteiger partial charge in [0.2, 0.25) is 5.01 Å². The zero-order chi connectivity index (χ0) is 18.7. The highest BCUT2D eigenvalue weighted by Crippen LogP contribution is 2.18. The van der Waals surface area contributed by atoms with Gasteiger partial charge in [-0.3, -0.25) is 9.69 Å². The molecule has 26 heavy (non-hydrogen) atoms. The predicted molar refractivity (Wildman–Crippen MR) is 97.4 cm³/mol. The second kappa shape index (κ2) is 8.01. The summed E-state index contributed by atoms with van der Waals surface area (Å²) in [4.78, 5) is 32.8. The van der Waals surface area contributed by atoms with Gasteiger partial charge in [-0.2, -0.15) is 0 Å². The fourth-order valence-corrected chi connectivity index (χ4v) is 3.72. The Kier molecular flexibility index (Phi) is 5.73. The molecule has 3 heterocycles. The summed E-state index contributed by atoms with van der Waals surface area (Å²) in [6.45, 7) is 9.33. The molecule has 140 valence electrons. The smallest absolute Gasteiger partial charge is 0.367 e. The van der Waals surface area contributed by atoms with Crippen LogP contribution in [0.2, 0.25) is 0 Å². The Morgan fingerprint density at radius 3 is 2.62 bits per heavy atom. The fourth-order valence-electron chi connectivity index (χ4n) is 3.02. The van der Waals surface area contributed by atoms with Crippen molar-refractivity contribution in [2.45, 2.75) is 27.3 Å². The van der Waals surface area contributed by atoms with Crippen molar-refractivity contribution in [1.29, 1.82) is 0 Å². The average molecular weight is 377 g/mol. The first kappa shape index (κ1) is 18.6. The average Bonchev–Trinajstić information content (AvgIpc) is 3.21. The van der Waals surface area contributed by atoms with Gasteiger partial charge < -0.3 is 14.1 Å². The molecule has 0 bridgehead atoms. The first-order valence-corrected chi connectivity index (χ1v) is 9.56. The van der Waals surface area contributed by atoms with Crippen molar-refractivity contribution in [3.05, 3.63) is 39.2 Å². The van der Waals surface area contributed by atoms with E-state index in [0.717, 1.165) is 24.5 Å². The number of nitrogens with zero attached hydrogens (tertiary/aromatic N) is 3. The van der Waals surface area contributed by atoms with Gasteiger partial charge in [-0.15, -0.1) is 11.3 Å². The van der Waals surface area contributed by atoms with Gasteiger partial charge in [0.05, 0.1) is 17.9 Å². The van der Waals surface area contributed by atoms with Crippen LogP contribution in [0, 0.1) is 13.8 Å². The summed E-state index contributed by atoms with van der Waals surface area (Å²) in [7, 11) is 0. The maximum Gasteiger partial charge on any atom is 0.367 e. The van der Waals surface area contributed by atoms with E-state index in [1.165, 1.54) is 11.3 Å². The van der Waals surface area contributed by atoms with Crippen molar-refractivity contribution in [2.24, 2.45) is 0 Å². The predicted octanol–water partition coefficient (Wildman–Crippen LogP) is 2.49. The molecule has 3 rings (SSSR count). The van der Waals surface area contributed by atoms with E-state index in [1.807, 2.05) is 24.1 Å². The quantitative estimate of drug-likeness (QED) is 0.745. The molecular formula is C18H23N3O4S. The maximum absolute atomic E-state index is 12.6. The third kappa shape index (κ3) is 4.13. The van der Waals surface area contributed by atoms with E-state index in [0.29, 0.717) is 42.6 Å². The third-order valence-corrected chi connectivity index (χ3v) is 5.19. The molecule has 1 aliphatic rings. The van der Waals surface area contributed by atoms with Crippen molar-refractivity contribution in [3.63, 3.8) is 0 Å². The second-order valence-corrected chi connectivity index (χ2v) is 7.12. The van der Waals surface area contributed by atoms with Crippen molar-refractivity contribution in [3.8, 4) is 0 Å². The van der Waals surface area contributed by atoms with Gasteiger partial charge in [-0.1, -0.05) is 0 Å². The summed E-state index contributed by atoms with van der Waals surface area (Å²) in [5.41, 5.74) is 1.51. The molecule has 2 aromatic heterocycles. The van der Waals surface area contributed by atoms with Crippen LogP contribution < -0.4 is 0 Å². The molecule has 0 aromatic carbocycles. The van der Waals surface area contributed by atoms with Crippen LogP contribution in [0.3, 0.4) is 0 Å². The lowest BCUT2D eigenvalue weighted by molar-refractivity contribution is 0.0523. The minimum absolute atomic E-state index is 0.0252. The van der Waals surface area contributed by atoms with Crippen LogP contribution in [0.5, 0.6) is 0 Å². The van der Waals surface area contributed by atoms with Crippen LogP contribution in [-0.2, 0) is 11.3 Å². The van der Waals surface area contributed by atoms with Gasteiger partial charge in [-0.25, -0.2) is 9.78 Å². The molecule has 0 atom stereocenters. The fraction of sp³-hybridized carbons (Fsp3) is 0.500. The molecule has 0 aliphatic carbocycles. The molecule has 0 N–H and O–H groups in total. The molecule has 0 spiro atoms. The molecule has 2 aromatic rings. The van der Waals surface area contributed by atoms with Crippen molar-refractivity contribution < 1.29 is 18.7 Å². The third-order valence-electron chi connectivity index (χ3n) is 4.32. The minimum Gasteiger partial charge on any atom is -0.466 e. The summed E-state index contributed by atoms with van der Waals surface area (Å²) in [5, 5.41) is 2.28. The number of hydrogen-bond acceptors (Lipinski definition) is 7. The van der Waals surface area contributed by atoms with Gasteiger partial charge in [0, 0.05) is 38.1 Å². The Balaban J connectivity index is 1.53. The number of aromatic nitrogens is 1. The molecule has 1 fully saturated rings. The topological polar surface area (TPSA) is 75.9 Å². The van der Waals surface area contributed by atoms with Crippen LogP contribution >= 0.6 is 11.3 Å². The Labute approximate surface area is 156 Å². The van der Waals surface area contributed by atoms with Gasteiger partial charge >= 0.3 is 5.97 Å². The highest BCUT2D eigenvalue weighted by atomic mass is 32.1. The number of thiazole rings is 1. The first-order chi connectivity index (χ1) is 12.5. The number of carbonyl (C=O) groups is 2. The normalized spacial score (nSPS) is 15.3. The molecule has 1 saturated heterocycles. The van der Waals surface area contributed by atoms with Gasteiger partial charge in [0.1, 0.15) is 11.5 Å². The highest BCUT2D eigenvalue weighted by molar-refractivity contribution is 7.11. The standard InChI is InChI=1S/C18H23N3O4S/c1-4-24-18(23)16-19-14(11-26-16)10-20-5-7-21(8-6-20)17(22)15-9-12(2)25-13(15)3/h9,11H,4-8,10H2,1-3H3. The minimum atomic E-state index is -0.370. The van der Waals surface area contributed by atoms with Crippen LogP contribution in [0.15, 0.2) is 15.9 Å². The highest BCUT2D eigenvalue weighted by Gasteiger charge is 2.25. The molecule has 1 amide bonds. The maximum atomic E-state index is 12.6. The van der Waals surface area contributed by atoms with Crippen molar-refractivity contribution >= 4 is 23.2 Å². The van der Waals surface area contributed by atoms with E-state index in [-0.39, 0.29) is 11.9 Å². The summed E-state index contributed by atoms with van der Waals surface area (Å²) < 4.78 is 10.4. The Bertz CT molecular complexity index is 790. The number of furan rings is 1. The number of hydrogen-bond donors (Lipinski definition) is 0. The number of carbonyl (C=O) groups excluding carboxylic acids is 2. The van der Waals surface area contributed by atoms with Crippen molar-refractivity contribution in [2.75, 3.05) is 32.8 Å². The van der Waals surface area contributed by atoms with Crippen LogP contribution in [0.1, 0.15) is 44.3 Å². The molecule has 0 saturated carbocycles. The van der Waals surface area contributed by atoms with E-state index in [4.69, 9.17) is 9.15 Å². The number of ether oxygens (including phenoxy) is 1. The lowest BCUT2D eigenvalue weighted by Gasteiger charge is -2.34. The van der Waals surface area contributed by atoms with Gasteiger partial charge in [-0.05, 0) is 26.8 Å². The first-order valence-electron chi connectivity index (χ1n) is 8.68. The number of aryl methyl sites for hydroxylation is 2. The Hall–Kier alpha value is -2.19.